The molecular weight excluding hydrogens is 188 g/mol. The number of aldehydes is 2. The summed E-state index contributed by atoms with van der Waals surface area (Å²) in [7, 11) is 0. The highest BCUT2D eigenvalue weighted by Crippen LogP contribution is 2.59. The number of hydrogen-bond acceptors (Lipinski definition) is 2. The van der Waals surface area contributed by atoms with Gasteiger partial charge in [0.05, 0.1) is 0 Å². The predicted molar refractivity (Wildman–Crippen MR) is 56.2 cm³/mol. The van der Waals surface area contributed by atoms with E-state index in [2.05, 4.69) is 0 Å². The second-order valence-electron chi connectivity index (χ2n) is 5.67. The Morgan fingerprint density at radius 1 is 0.867 bits per heavy atom. The molecule has 0 aromatic heterocycles. The monoisotopic (exact) mass is 206 g/mol. The van der Waals surface area contributed by atoms with Crippen molar-refractivity contribution in [1.82, 2.24) is 0 Å². The van der Waals surface area contributed by atoms with E-state index in [0.29, 0.717) is 5.92 Å². The summed E-state index contributed by atoms with van der Waals surface area (Å²) in [5.41, 5.74) is 0. The van der Waals surface area contributed by atoms with Gasteiger partial charge in [-0.1, -0.05) is 0 Å². The first-order chi connectivity index (χ1) is 7.35. The van der Waals surface area contributed by atoms with Crippen molar-refractivity contribution in [1.29, 1.82) is 0 Å². The summed E-state index contributed by atoms with van der Waals surface area (Å²) in [5.74, 6) is 3.06. The third kappa shape index (κ3) is 1.23. The molecule has 0 saturated heterocycles. The third-order valence-corrected chi connectivity index (χ3v) is 5.26. The molecule has 3 fully saturated rings. The Hall–Kier alpha value is -0.660. The van der Waals surface area contributed by atoms with Gasteiger partial charge in [-0.3, -0.25) is 0 Å². The van der Waals surface area contributed by atoms with Crippen LogP contribution in [0.2, 0.25) is 0 Å². The van der Waals surface area contributed by atoms with Gasteiger partial charge in [-0.05, 0) is 55.8 Å². The van der Waals surface area contributed by atoms with Gasteiger partial charge in [0.1, 0.15) is 12.6 Å². The summed E-state index contributed by atoms with van der Waals surface area (Å²) in [5, 5.41) is 0. The van der Waals surface area contributed by atoms with Crippen LogP contribution in [0, 0.1) is 35.5 Å². The second kappa shape index (κ2) is 3.43. The molecule has 2 nitrogen and oxygen atoms in total. The largest absolute Gasteiger partial charge is 0.303 e. The molecule has 2 heteroatoms. The first kappa shape index (κ1) is 9.56. The minimum absolute atomic E-state index is 0.0306. The van der Waals surface area contributed by atoms with Crippen molar-refractivity contribution in [3.63, 3.8) is 0 Å². The van der Waals surface area contributed by atoms with E-state index in [1.807, 2.05) is 0 Å². The van der Waals surface area contributed by atoms with Crippen LogP contribution in [0.1, 0.15) is 32.1 Å². The Morgan fingerprint density at radius 2 is 1.67 bits per heavy atom. The van der Waals surface area contributed by atoms with Crippen molar-refractivity contribution in [2.75, 3.05) is 0 Å². The molecule has 0 N–H and O–H groups in total. The summed E-state index contributed by atoms with van der Waals surface area (Å²) >= 11 is 0. The standard InChI is InChI=1S/C13H18O2/c14-6-10-3-4-11-8-1-2-9(5-8)13(11)12(10)7-15/h6-13H,1-5H2. The van der Waals surface area contributed by atoms with Crippen LogP contribution in [0.4, 0.5) is 0 Å². The number of fused-ring (bicyclic) bond motifs is 5. The van der Waals surface area contributed by atoms with Crippen LogP contribution in [0.15, 0.2) is 0 Å². The summed E-state index contributed by atoms with van der Waals surface area (Å²) in [4.78, 5) is 22.2. The van der Waals surface area contributed by atoms with E-state index in [1.165, 1.54) is 25.7 Å². The molecule has 0 aliphatic heterocycles. The van der Waals surface area contributed by atoms with E-state index in [0.717, 1.165) is 36.7 Å². The van der Waals surface area contributed by atoms with Crippen molar-refractivity contribution in [3.8, 4) is 0 Å². The van der Waals surface area contributed by atoms with E-state index in [4.69, 9.17) is 0 Å². The third-order valence-electron chi connectivity index (χ3n) is 5.26. The van der Waals surface area contributed by atoms with E-state index >= 15 is 0 Å². The molecule has 82 valence electrons. The van der Waals surface area contributed by atoms with Crippen molar-refractivity contribution in [2.45, 2.75) is 32.1 Å². The topological polar surface area (TPSA) is 34.1 Å². The van der Waals surface area contributed by atoms with Gasteiger partial charge >= 0.3 is 0 Å². The van der Waals surface area contributed by atoms with Crippen LogP contribution < -0.4 is 0 Å². The molecule has 3 rings (SSSR count). The minimum atomic E-state index is 0.0306. The number of rotatable bonds is 2. The van der Waals surface area contributed by atoms with Crippen LogP contribution in [-0.2, 0) is 9.59 Å². The van der Waals surface area contributed by atoms with Crippen molar-refractivity contribution >= 4 is 12.6 Å². The lowest BCUT2D eigenvalue weighted by molar-refractivity contribution is -0.125. The molecule has 0 radical (unpaired) electrons. The highest BCUT2D eigenvalue weighted by Gasteiger charge is 2.53. The fourth-order valence-electron chi connectivity index (χ4n) is 4.70. The predicted octanol–water partition coefficient (Wildman–Crippen LogP) is 2.07. The van der Waals surface area contributed by atoms with Crippen LogP contribution >= 0.6 is 0 Å². The van der Waals surface area contributed by atoms with Crippen molar-refractivity contribution in [2.24, 2.45) is 35.5 Å². The Balaban J connectivity index is 1.88. The minimum Gasteiger partial charge on any atom is -0.303 e. The SMILES string of the molecule is O=CC1CCC2C3CCC(C3)C2C1C=O. The summed E-state index contributed by atoms with van der Waals surface area (Å²) < 4.78 is 0. The Labute approximate surface area is 90.4 Å². The van der Waals surface area contributed by atoms with Crippen molar-refractivity contribution in [3.05, 3.63) is 0 Å². The van der Waals surface area contributed by atoms with E-state index < -0.39 is 0 Å². The lowest BCUT2D eigenvalue weighted by Gasteiger charge is -2.41. The second-order valence-corrected chi connectivity index (χ2v) is 5.67. The number of carbonyl (C=O) groups is 2. The van der Waals surface area contributed by atoms with E-state index in [9.17, 15) is 9.59 Å². The highest BCUT2D eigenvalue weighted by atomic mass is 16.1. The Morgan fingerprint density at radius 3 is 2.40 bits per heavy atom. The number of hydrogen-bond donors (Lipinski definition) is 0. The maximum Gasteiger partial charge on any atom is 0.124 e. The molecular formula is C13H18O2. The van der Waals surface area contributed by atoms with Crippen LogP contribution in [-0.4, -0.2) is 12.6 Å². The molecule has 0 aromatic rings. The van der Waals surface area contributed by atoms with Crippen LogP contribution in [0.25, 0.3) is 0 Å². The zero-order valence-electron chi connectivity index (χ0n) is 8.97. The average Bonchev–Trinajstić information content (AvgIpc) is 2.88. The highest BCUT2D eigenvalue weighted by molar-refractivity contribution is 5.65. The van der Waals surface area contributed by atoms with Gasteiger partial charge in [0.15, 0.2) is 0 Å². The molecule has 0 amide bonds. The molecule has 0 aromatic carbocycles. The van der Waals surface area contributed by atoms with Crippen LogP contribution in [0.5, 0.6) is 0 Å². The molecule has 2 bridgehead atoms. The Kier molecular flexibility index (Phi) is 2.18. The molecule has 6 atom stereocenters. The average molecular weight is 206 g/mol. The van der Waals surface area contributed by atoms with E-state index in [-0.39, 0.29) is 11.8 Å². The van der Waals surface area contributed by atoms with Crippen LogP contribution in [0.3, 0.4) is 0 Å². The molecule has 3 aliphatic carbocycles. The molecule has 0 spiro atoms. The van der Waals surface area contributed by atoms with Crippen molar-refractivity contribution < 1.29 is 9.59 Å². The number of carbonyl (C=O) groups excluding carboxylic acids is 2. The molecule has 3 aliphatic rings. The zero-order chi connectivity index (χ0) is 10.4. The first-order valence-corrected chi connectivity index (χ1v) is 6.25. The molecule has 15 heavy (non-hydrogen) atoms. The van der Waals surface area contributed by atoms with E-state index in [1.54, 1.807) is 0 Å². The van der Waals surface area contributed by atoms with Gasteiger partial charge in [-0.25, -0.2) is 0 Å². The lowest BCUT2D eigenvalue weighted by atomic mass is 9.62. The smallest absolute Gasteiger partial charge is 0.124 e. The van der Waals surface area contributed by atoms with Gasteiger partial charge in [0.2, 0.25) is 0 Å². The van der Waals surface area contributed by atoms with Gasteiger partial charge in [0.25, 0.3) is 0 Å². The Bertz CT molecular complexity index is 286. The van der Waals surface area contributed by atoms with Gasteiger partial charge in [0, 0.05) is 11.8 Å². The summed E-state index contributed by atoms with van der Waals surface area (Å²) in [6.45, 7) is 0. The molecule has 3 saturated carbocycles. The normalized spacial score (nSPS) is 52.5. The summed E-state index contributed by atoms with van der Waals surface area (Å²) in [6, 6.07) is 0. The quantitative estimate of drug-likeness (QED) is 0.648. The molecule has 6 unspecified atom stereocenters. The summed E-state index contributed by atoms with van der Waals surface area (Å²) in [6.07, 6.45) is 8.28. The maximum atomic E-state index is 11.2. The zero-order valence-corrected chi connectivity index (χ0v) is 8.97. The van der Waals surface area contributed by atoms with Gasteiger partial charge in [-0.15, -0.1) is 0 Å². The lowest BCUT2D eigenvalue weighted by Crippen LogP contribution is -2.39. The first-order valence-electron chi connectivity index (χ1n) is 6.25. The fourth-order valence-corrected chi connectivity index (χ4v) is 4.70. The maximum absolute atomic E-state index is 11.2. The molecule has 0 heterocycles. The van der Waals surface area contributed by atoms with Gasteiger partial charge in [-0.2, -0.15) is 0 Å². The fraction of sp³-hybridized carbons (Fsp3) is 0.846. The van der Waals surface area contributed by atoms with Gasteiger partial charge < -0.3 is 9.59 Å².